The molecule has 78 valence electrons. The Balaban J connectivity index is 2.50. The van der Waals surface area contributed by atoms with E-state index in [1.807, 2.05) is 0 Å². The highest BCUT2D eigenvalue weighted by Gasteiger charge is 2.28. The smallest absolute Gasteiger partial charge is 0.0246 e. The van der Waals surface area contributed by atoms with Gasteiger partial charge < -0.3 is 5.73 Å². The molecule has 1 aliphatic rings. The fourth-order valence-corrected chi connectivity index (χ4v) is 2.60. The van der Waals surface area contributed by atoms with Crippen molar-refractivity contribution in [2.45, 2.75) is 45.6 Å². The number of likely N-dealkylation sites (tertiary alicyclic amines) is 1. The number of rotatable bonds is 4. The minimum Gasteiger partial charge on any atom is -0.329 e. The molecule has 0 aromatic rings. The molecule has 0 aromatic heterocycles. The molecule has 13 heavy (non-hydrogen) atoms. The Morgan fingerprint density at radius 1 is 1.38 bits per heavy atom. The third-order valence-electron chi connectivity index (χ3n) is 3.31. The molecule has 2 nitrogen and oxygen atoms in total. The minimum absolute atomic E-state index is 0.665. The van der Waals surface area contributed by atoms with Gasteiger partial charge in [0.25, 0.3) is 0 Å². The Morgan fingerprint density at radius 2 is 2.15 bits per heavy atom. The summed E-state index contributed by atoms with van der Waals surface area (Å²) >= 11 is 0. The molecule has 0 spiro atoms. The second-order valence-corrected chi connectivity index (χ2v) is 4.15. The van der Waals surface area contributed by atoms with E-state index < -0.39 is 0 Å². The van der Waals surface area contributed by atoms with E-state index in [1.54, 1.807) is 0 Å². The van der Waals surface area contributed by atoms with Crippen molar-refractivity contribution in [3.05, 3.63) is 0 Å². The SMILES string of the molecule is CCCN1CCCC(CC)C1CN. The zero-order chi connectivity index (χ0) is 9.68. The van der Waals surface area contributed by atoms with Crippen LogP contribution in [0, 0.1) is 5.92 Å². The van der Waals surface area contributed by atoms with Gasteiger partial charge in [-0.15, -0.1) is 0 Å². The molecule has 2 unspecified atom stereocenters. The summed E-state index contributed by atoms with van der Waals surface area (Å²) in [4.78, 5) is 2.59. The monoisotopic (exact) mass is 184 g/mol. The fraction of sp³-hybridized carbons (Fsp3) is 1.00. The van der Waals surface area contributed by atoms with E-state index in [1.165, 1.54) is 38.8 Å². The molecule has 1 fully saturated rings. The molecule has 0 aliphatic carbocycles. The number of hydrogen-bond donors (Lipinski definition) is 1. The van der Waals surface area contributed by atoms with Gasteiger partial charge in [-0.2, -0.15) is 0 Å². The summed E-state index contributed by atoms with van der Waals surface area (Å²) in [6, 6.07) is 0.665. The summed E-state index contributed by atoms with van der Waals surface area (Å²) in [5.74, 6) is 0.852. The molecule has 2 heteroatoms. The van der Waals surface area contributed by atoms with E-state index in [0.717, 1.165) is 12.5 Å². The molecule has 0 radical (unpaired) electrons. The lowest BCUT2D eigenvalue weighted by Crippen LogP contribution is -2.49. The second-order valence-electron chi connectivity index (χ2n) is 4.15. The standard InChI is InChI=1S/C11H24N2/c1-3-7-13-8-5-6-10(4-2)11(13)9-12/h10-11H,3-9,12H2,1-2H3. The van der Waals surface area contributed by atoms with Crippen LogP contribution in [0.25, 0.3) is 0 Å². The first-order valence-electron chi connectivity index (χ1n) is 5.77. The van der Waals surface area contributed by atoms with E-state index in [-0.39, 0.29) is 0 Å². The van der Waals surface area contributed by atoms with Crippen LogP contribution in [0.3, 0.4) is 0 Å². The van der Waals surface area contributed by atoms with Crippen molar-refractivity contribution in [2.75, 3.05) is 19.6 Å². The van der Waals surface area contributed by atoms with Crippen LogP contribution in [0.15, 0.2) is 0 Å². The van der Waals surface area contributed by atoms with E-state index >= 15 is 0 Å². The maximum atomic E-state index is 5.85. The Bertz CT molecular complexity index is 134. The summed E-state index contributed by atoms with van der Waals surface area (Å²) in [5, 5.41) is 0. The van der Waals surface area contributed by atoms with Gasteiger partial charge >= 0.3 is 0 Å². The van der Waals surface area contributed by atoms with Gasteiger partial charge in [-0.1, -0.05) is 20.3 Å². The summed E-state index contributed by atoms with van der Waals surface area (Å²) in [7, 11) is 0. The van der Waals surface area contributed by atoms with Gasteiger partial charge in [0, 0.05) is 12.6 Å². The van der Waals surface area contributed by atoms with Gasteiger partial charge in [0.1, 0.15) is 0 Å². The lowest BCUT2D eigenvalue weighted by Gasteiger charge is -2.40. The van der Waals surface area contributed by atoms with Crippen molar-refractivity contribution in [1.29, 1.82) is 0 Å². The molecule has 0 bridgehead atoms. The van der Waals surface area contributed by atoms with Gasteiger partial charge in [-0.3, -0.25) is 4.90 Å². The highest BCUT2D eigenvalue weighted by molar-refractivity contribution is 4.83. The summed E-state index contributed by atoms with van der Waals surface area (Å²) in [6.45, 7) is 7.90. The van der Waals surface area contributed by atoms with Crippen LogP contribution in [0.2, 0.25) is 0 Å². The average molecular weight is 184 g/mol. The molecule has 0 aromatic carbocycles. The van der Waals surface area contributed by atoms with Crippen molar-refractivity contribution in [1.82, 2.24) is 4.90 Å². The molecule has 1 rings (SSSR count). The number of nitrogens with two attached hydrogens (primary N) is 1. The molecule has 2 N–H and O–H groups in total. The van der Waals surface area contributed by atoms with Crippen molar-refractivity contribution < 1.29 is 0 Å². The van der Waals surface area contributed by atoms with Crippen LogP contribution < -0.4 is 5.73 Å². The number of piperidine rings is 1. The summed E-state index contributed by atoms with van der Waals surface area (Å²) < 4.78 is 0. The van der Waals surface area contributed by atoms with Crippen LogP contribution in [-0.4, -0.2) is 30.6 Å². The number of hydrogen-bond acceptors (Lipinski definition) is 2. The Kier molecular flexibility index (Phi) is 4.74. The molecule has 2 atom stereocenters. The third-order valence-corrected chi connectivity index (χ3v) is 3.31. The van der Waals surface area contributed by atoms with Gasteiger partial charge in [0.05, 0.1) is 0 Å². The first kappa shape index (κ1) is 11.0. The fourth-order valence-electron chi connectivity index (χ4n) is 2.60. The van der Waals surface area contributed by atoms with Crippen LogP contribution in [0.4, 0.5) is 0 Å². The van der Waals surface area contributed by atoms with E-state index in [2.05, 4.69) is 18.7 Å². The first-order valence-corrected chi connectivity index (χ1v) is 5.77. The minimum atomic E-state index is 0.665. The van der Waals surface area contributed by atoms with E-state index in [0.29, 0.717) is 6.04 Å². The normalized spacial score (nSPS) is 30.7. The summed E-state index contributed by atoms with van der Waals surface area (Å²) in [6.07, 6.45) is 5.31. The average Bonchev–Trinajstić information content (AvgIpc) is 2.18. The van der Waals surface area contributed by atoms with Crippen molar-refractivity contribution >= 4 is 0 Å². The van der Waals surface area contributed by atoms with Gasteiger partial charge in [0.15, 0.2) is 0 Å². The maximum Gasteiger partial charge on any atom is 0.0246 e. The molecule has 0 amide bonds. The summed E-state index contributed by atoms with van der Waals surface area (Å²) in [5.41, 5.74) is 5.85. The van der Waals surface area contributed by atoms with E-state index in [4.69, 9.17) is 5.73 Å². The molecule has 1 aliphatic heterocycles. The Labute approximate surface area is 82.5 Å². The Morgan fingerprint density at radius 3 is 2.69 bits per heavy atom. The van der Waals surface area contributed by atoms with Crippen LogP contribution in [0.5, 0.6) is 0 Å². The highest BCUT2D eigenvalue weighted by Crippen LogP contribution is 2.25. The van der Waals surface area contributed by atoms with Gasteiger partial charge in [-0.05, 0) is 38.3 Å². The third kappa shape index (κ3) is 2.68. The lowest BCUT2D eigenvalue weighted by molar-refractivity contribution is 0.0955. The van der Waals surface area contributed by atoms with Gasteiger partial charge in [-0.25, -0.2) is 0 Å². The topological polar surface area (TPSA) is 29.3 Å². The molecular weight excluding hydrogens is 160 g/mol. The maximum absolute atomic E-state index is 5.85. The van der Waals surface area contributed by atoms with Gasteiger partial charge in [0.2, 0.25) is 0 Å². The predicted octanol–water partition coefficient (Wildman–Crippen LogP) is 1.85. The zero-order valence-corrected chi connectivity index (χ0v) is 9.13. The van der Waals surface area contributed by atoms with Crippen molar-refractivity contribution in [3.8, 4) is 0 Å². The Hall–Kier alpha value is -0.0800. The molecule has 1 saturated heterocycles. The van der Waals surface area contributed by atoms with Crippen molar-refractivity contribution in [2.24, 2.45) is 11.7 Å². The van der Waals surface area contributed by atoms with Crippen LogP contribution in [0.1, 0.15) is 39.5 Å². The van der Waals surface area contributed by atoms with Crippen molar-refractivity contribution in [3.63, 3.8) is 0 Å². The van der Waals surface area contributed by atoms with Crippen LogP contribution >= 0.6 is 0 Å². The second kappa shape index (κ2) is 5.61. The highest BCUT2D eigenvalue weighted by atomic mass is 15.2. The zero-order valence-electron chi connectivity index (χ0n) is 9.13. The first-order chi connectivity index (χ1) is 6.33. The largest absolute Gasteiger partial charge is 0.329 e. The molecular formula is C11H24N2. The molecule has 0 saturated carbocycles. The van der Waals surface area contributed by atoms with Crippen LogP contribution in [-0.2, 0) is 0 Å². The lowest BCUT2D eigenvalue weighted by atomic mass is 9.87. The number of nitrogens with zero attached hydrogens (tertiary/aromatic N) is 1. The molecule has 1 heterocycles. The quantitative estimate of drug-likeness (QED) is 0.722. The van der Waals surface area contributed by atoms with E-state index in [9.17, 15) is 0 Å². The predicted molar refractivity (Wildman–Crippen MR) is 57.7 cm³/mol.